The summed E-state index contributed by atoms with van der Waals surface area (Å²) in [4.78, 5) is 29.3. The van der Waals surface area contributed by atoms with E-state index >= 15 is 0 Å². The summed E-state index contributed by atoms with van der Waals surface area (Å²) in [5, 5.41) is 3.03. The first-order valence-electron chi connectivity index (χ1n) is 8.30. The van der Waals surface area contributed by atoms with Gasteiger partial charge in [-0.2, -0.15) is 8.78 Å². The highest BCUT2D eigenvalue weighted by atomic mass is 32.1. The average Bonchev–Trinajstić information content (AvgIpc) is 2.94. The Morgan fingerprint density at radius 3 is 2.96 bits per heavy atom. The monoisotopic (exact) mass is 373 g/mol. The molecule has 2 fully saturated rings. The van der Waals surface area contributed by atoms with Crippen molar-refractivity contribution in [2.24, 2.45) is 0 Å². The first-order valence-corrected chi connectivity index (χ1v) is 9.12. The highest BCUT2D eigenvalue weighted by Crippen LogP contribution is 2.32. The van der Waals surface area contributed by atoms with Crippen LogP contribution in [0.5, 0.6) is 5.75 Å². The number of halogens is 2. The van der Waals surface area contributed by atoms with Gasteiger partial charge in [0.1, 0.15) is 10.6 Å². The molecule has 0 aromatic carbocycles. The van der Waals surface area contributed by atoms with Gasteiger partial charge in [0.2, 0.25) is 5.91 Å². The molecule has 2 aliphatic rings. The second-order valence-corrected chi connectivity index (χ2v) is 7.50. The highest BCUT2D eigenvalue weighted by Gasteiger charge is 2.33. The number of hydrogen-bond donors (Lipinski definition) is 1. The third-order valence-electron chi connectivity index (χ3n) is 4.48. The van der Waals surface area contributed by atoms with Crippen molar-refractivity contribution in [1.29, 1.82) is 0 Å². The highest BCUT2D eigenvalue weighted by molar-refractivity contribution is 7.14. The number of likely N-dealkylation sites (tertiary alicyclic amines) is 1. The Bertz CT molecular complexity index is 653. The van der Waals surface area contributed by atoms with Gasteiger partial charge < -0.3 is 19.9 Å². The van der Waals surface area contributed by atoms with E-state index < -0.39 is 6.61 Å². The number of carbonyl (C=O) groups is 2. The third kappa shape index (κ3) is 4.09. The second kappa shape index (κ2) is 7.65. The summed E-state index contributed by atoms with van der Waals surface area (Å²) in [5.41, 5.74) is 0. The Morgan fingerprint density at radius 2 is 2.24 bits per heavy atom. The number of rotatable bonds is 4. The first-order chi connectivity index (χ1) is 12.0. The van der Waals surface area contributed by atoms with Crippen molar-refractivity contribution in [1.82, 2.24) is 15.1 Å². The van der Waals surface area contributed by atoms with Gasteiger partial charge in [0, 0.05) is 37.1 Å². The first kappa shape index (κ1) is 18.1. The molecule has 0 aliphatic carbocycles. The number of alkyl halides is 2. The lowest BCUT2D eigenvalue weighted by molar-refractivity contribution is -0.135. The molecular weight excluding hydrogens is 352 g/mol. The molecule has 3 heterocycles. The van der Waals surface area contributed by atoms with Crippen LogP contribution >= 0.6 is 11.3 Å². The molecule has 138 valence electrons. The maximum atomic E-state index is 12.8. The molecule has 1 aromatic heterocycles. The predicted molar refractivity (Wildman–Crippen MR) is 89.2 cm³/mol. The number of aryl methyl sites for hydroxylation is 1. The predicted octanol–water partition coefficient (Wildman–Crippen LogP) is 1.69. The molecule has 2 saturated heterocycles. The van der Waals surface area contributed by atoms with E-state index in [1.54, 1.807) is 11.8 Å². The van der Waals surface area contributed by atoms with E-state index in [1.165, 1.54) is 6.07 Å². The lowest BCUT2D eigenvalue weighted by Crippen LogP contribution is -2.57. The van der Waals surface area contributed by atoms with Gasteiger partial charge >= 0.3 is 6.61 Å². The minimum absolute atomic E-state index is 0.0205. The summed E-state index contributed by atoms with van der Waals surface area (Å²) in [6.07, 6.45) is 1.63. The van der Waals surface area contributed by atoms with Crippen molar-refractivity contribution in [3.8, 4) is 5.75 Å². The van der Waals surface area contributed by atoms with E-state index in [1.807, 2.05) is 4.90 Å². The van der Waals surface area contributed by atoms with Crippen LogP contribution < -0.4 is 10.1 Å². The Hall–Kier alpha value is -1.74. The van der Waals surface area contributed by atoms with Crippen LogP contribution in [0.2, 0.25) is 0 Å². The number of nitrogens with zero attached hydrogens (tertiary/aromatic N) is 2. The summed E-state index contributed by atoms with van der Waals surface area (Å²) in [6.45, 7) is 1.46. The molecule has 1 N–H and O–H groups in total. The van der Waals surface area contributed by atoms with Crippen LogP contribution in [-0.4, -0.2) is 67.0 Å². The Kier molecular flexibility index (Phi) is 5.53. The normalized spacial score (nSPS) is 21.8. The van der Waals surface area contributed by atoms with Crippen LogP contribution in [0, 0.1) is 6.92 Å². The Labute approximate surface area is 148 Å². The molecule has 2 aliphatic heterocycles. The topological polar surface area (TPSA) is 61.9 Å². The molecule has 0 spiro atoms. The zero-order valence-electron chi connectivity index (χ0n) is 14.0. The van der Waals surface area contributed by atoms with Gasteiger partial charge in [-0.3, -0.25) is 9.59 Å². The van der Waals surface area contributed by atoms with Gasteiger partial charge in [-0.15, -0.1) is 11.3 Å². The molecule has 1 unspecified atom stereocenters. The van der Waals surface area contributed by atoms with E-state index in [4.69, 9.17) is 0 Å². The van der Waals surface area contributed by atoms with Gasteiger partial charge in [0.15, 0.2) is 0 Å². The minimum atomic E-state index is -2.96. The number of amides is 2. The summed E-state index contributed by atoms with van der Waals surface area (Å²) in [7, 11) is 0. The van der Waals surface area contributed by atoms with E-state index in [2.05, 4.69) is 10.1 Å². The quantitative estimate of drug-likeness (QED) is 0.873. The summed E-state index contributed by atoms with van der Waals surface area (Å²) >= 11 is 1.16. The molecule has 0 radical (unpaired) electrons. The molecule has 0 bridgehead atoms. The third-order valence-corrected chi connectivity index (χ3v) is 5.50. The van der Waals surface area contributed by atoms with Crippen LogP contribution in [-0.2, 0) is 4.79 Å². The van der Waals surface area contributed by atoms with Crippen molar-refractivity contribution in [2.45, 2.75) is 32.4 Å². The molecule has 3 rings (SSSR count). The van der Waals surface area contributed by atoms with E-state index in [9.17, 15) is 18.4 Å². The molecule has 1 aromatic rings. The van der Waals surface area contributed by atoms with Crippen LogP contribution in [0.15, 0.2) is 6.07 Å². The lowest BCUT2D eigenvalue weighted by Gasteiger charge is -2.41. The fourth-order valence-electron chi connectivity index (χ4n) is 3.37. The van der Waals surface area contributed by atoms with Gasteiger partial charge in [-0.1, -0.05) is 0 Å². The van der Waals surface area contributed by atoms with E-state index in [0.717, 1.165) is 35.6 Å². The van der Waals surface area contributed by atoms with Gasteiger partial charge in [0.05, 0.1) is 6.54 Å². The Morgan fingerprint density at radius 1 is 1.44 bits per heavy atom. The number of hydrogen-bond acceptors (Lipinski definition) is 5. The SMILES string of the molecule is Cc1cc(OC(F)F)c(C(=O)N2CCCC(N3CCNCC3=O)C2)s1. The number of piperidine rings is 1. The van der Waals surface area contributed by atoms with Crippen LogP contribution in [0.4, 0.5) is 8.78 Å². The van der Waals surface area contributed by atoms with Crippen molar-refractivity contribution >= 4 is 23.2 Å². The summed E-state index contributed by atoms with van der Waals surface area (Å²) in [6, 6.07) is 1.44. The smallest absolute Gasteiger partial charge is 0.387 e. The maximum absolute atomic E-state index is 12.8. The van der Waals surface area contributed by atoms with E-state index in [-0.39, 0.29) is 28.5 Å². The molecular formula is C16H21F2N3O3S. The second-order valence-electron chi connectivity index (χ2n) is 6.24. The van der Waals surface area contributed by atoms with Crippen molar-refractivity contribution < 1.29 is 23.1 Å². The Balaban J connectivity index is 1.73. The van der Waals surface area contributed by atoms with Gasteiger partial charge in [-0.25, -0.2) is 0 Å². The standard InChI is InChI=1S/C16H21F2N3O3S/c1-10-7-12(24-16(17)18)14(25-10)15(23)20-5-2-3-11(9-20)21-6-4-19-8-13(21)22/h7,11,16,19H,2-6,8-9H2,1H3. The number of nitrogens with one attached hydrogen (secondary N) is 1. The number of carbonyl (C=O) groups excluding carboxylic acids is 2. The minimum Gasteiger partial charge on any atom is -0.433 e. The molecule has 6 nitrogen and oxygen atoms in total. The van der Waals surface area contributed by atoms with Crippen molar-refractivity contribution in [3.05, 3.63) is 15.8 Å². The van der Waals surface area contributed by atoms with Gasteiger partial charge in [0.25, 0.3) is 5.91 Å². The molecule has 9 heteroatoms. The largest absolute Gasteiger partial charge is 0.433 e. The number of piperazine rings is 1. The van der Waals surface area contributed by atoms with Crippen molar-refractivity contribution in [2.75, 3.05) is 32.7 Å². The molecule has 1 atom stereocenters. The fraction of sp³-hybridized carbons (Fsp3) is 0.625. The number of thiophene rings is 1. The van der Waals surface area contributed by atoms with Crippen molar-refractivity contribution in [3.63, 3.8) is 0 Å². The zero-order valence-corrected chi connectivity index (χ0v) is 14.8. The fourth-order valence-corrected chi connectivity index (χ4v) is 4.28. The van der Waals surface area contributed by atoms with Gasteiger partial charge in [-0.05, 0) is 25.8 Å². The average molecular weight is 373 g/mol. The van der Waals surface area contributed by atoms with Crippen LogP contribution in [0.1, 0.15) is 27.4 Å². The van der Waals surface area contributed by atoms with Crippen LogP contribution in [0.3, 0.4) is 0 Å². The molecule has 0 saturated carbocycles. The lowest BCUT2D eigenvalue weighted by atomic mass is 10.0. The summed E-state index contributed by atoms with van der Waals surface area (Å²) in [5.74, 6) is -0.330. The molecule has 2 amide bonds. The van der Waals surface area contributed by atoms with E-state index in [0.29, 0.717) is 26.2 Å². The maximum Gasteiger partial charge on any atom is 0.387 e. The summed E-state index contributed by atoms with van der Waals surface area (Å²) < 4.78 is 29.6. The number of ether oxygens (including phenoxy) is 1. The van der Waals surface area contributed by atoms with Crippen LogP contribution in [0.25, 0.3) is 0 Å². The molecule has 25 heavy (non-hydrogen) atoms. The zero-order chi connectivity index (χ0) is 18.0.